The fourth-order valence-corrected chi connectivity index (χ4v) is 1.92. The summed E-state index contributed by atoms with van der Waals surface area (Å²) in [5.74, 6) is -0.134. The molecule has 1 unspecified atom stereocenters. The van der Waals surface area contributed by atoms with Crippen LogP contribution in [0.15, 0.2) is 6.20 Å². The molecule has 0 aromatic carbocycles. The molecule has 0 spiro atoms. The molecule has 0 aliphatic rings. The number of aromatic nitrogens is 2. The topological polar surface area (TPSA) is 72.9 Å². The van der Waals surface area contributed by atoms with Crippen LogP contribution in [0.25, 0.3) is 0 Å². The number of nitrogens with one attached hydrogen (secondary N) is 1. The van der Waals surface area contributed by atoms with Crippen LogP contribution in [0.1, 0.15) is 25.1 Å². The van der Waals surface area contributed by atoms with Crippen LogP contribution in [0, 0.1) is 5.92 Å². The standard InChI is InChI=1S/C12H22N4O/c1-4-11-10(8-16(3)15-11)6-9(7-13)12(17)14-5-2/h8-9H,4-7,13H2,1-3H3,(H,14,17). The number of nitrogens with zero attached hydrogens (tertiary/aromatic N) is 2. The molecule has 0 bridgehead atoms. The van der Waals surface area contributed by atoms with E-state index in [9.17, 15) is 4.79 Å². The lowest BCUT2D eigenvalue weighted by atomic mass is 9.98. The molecule has 5 heteroatoms. The Morgan fingerprint density at radius 3 is 2.82 bits per heavy atom. The maximum absolute atomic E-state index is 11.8. The maximum Gasteiger partial charge on any atom is 0.224 e. The number of rotatable bonds is 6. The third-order valence-electron chi connectivity index (χ3n) is 2.80. The highest BCUT2D eigenvalue weighted by atomic mass is 16.1. The Balaban J connectivity index is 2.76. The number of hydrogen-bond acceptors (Lipinski definition) is 3. The summed E-state index contributed by atoms with van der Waals surface area (Å²) >= 11 is 0. The van der Waals surface area contributed by atoms with E-state index in [4.69, 9.17) is 5.73 Å². The molecular weight excluding hydrogens is 216 g/mol. The lowest BCUT2D eigenvalue weighted by molar-refractivity contribution is -0.124. The third kappa shape index (κ3) is 3.56. The van der Waals surface area contributed by atoms with Crippen LogP contribution in [0.2, 0.25) is 0 Å². The van der Waals surface area contributed by atoms with E-state index < -0.39 is 0 Å². The molecule has 1 aromatic rings. The summed E-state index contributed by atoms with van der Waals surface area (Å²) in [5, 5.41) is 7.18. The first kappa shape index (κ1) is 13.7. The van der Waals surface area contributed by atoms with E-state index in [2.05, 4.69) is 17.3 Å². The Morgan fingerprint density at radius 1 is 1.59 bits per heavy atom. The van der Waals surface area contributed by atoms with Gasteiger partial charge in [0.05, 0.1) is 11.6 Å². The average Bonchev–Trinajstić information content (AvgIpc) is 2.66. The van der Waals surface area contributed by atoms with E-state index in [1.165, 1.54) is 0 Å². The lowest BCUT2D eigenvalue weighted by Gasteiger charge is -2.13. The minimum absolute atomic E-state index is 0.0286. The number of hydrogen-bond donors (Lipinski definition) is 2. The van der Waals surface area contributed by atoms with Crippen molar-refractivity contribution >= 4 is 5.91 Å². The normalized spacial score (nSPS) is 12.5. The zero-order chi connectivity index (χ0) is 12.8. The molecule has 0 saturated heterocycles. The van der Waals surface area contributed by atoms with Crippen molar-refractivity contribution in [2.24, 2.45) is 18.7 Å². The van der Waals surface area contributed by atoms with E-state index >= 15 is 0 Å². The second kappa shape index (κ2) is 6.39. The Kier molecular flexibility index (Phi) is 5.15. The Hall–Kier alpha value is -1.36. The van der Waals surface area contributed by atoms with Crippen molar-refractivity contribution in [2.75, 3.05) is 13.1 Å². The van der Waals surface area contributed by atoms with Gasteiger partial charge in [0, 0.05) is 26.3 Å². The van der Waals surface area contributed by atoms with Gasteiger partial charge in [-0.1, -0.05) is 6.92 Å². The molecule has 0 fully saturated rings. The van der Waals surface area contributed by atoms with E-state index in [1.807, 2.05) is 20.2 Å². The SMILES string of the molecule is CCNC(=O)C(CN)Cc1cn(C)nc1CC. The van der Waals surface area contributed by atoms with Gasteiger partial charge in [-0.25, -0.2) is 0 Å². The summed E-state index contributed by atoms with van der Waals surface area (Å²) in [6, 6.07) is 0. The summed E-state index contributed by atoms with van der Waals surface area (Å²) in [7, 11) is 1.90. The summed E-state index contributed by atoms with van der Waals surface area (Å²) in [5.41, 5.74) is 7.84. The minimum Gasteiger partial charge on any atom is -0.356 e. The highest BCUT2D eigenvalue weighted by Crippen LogP contribution is 2.13. The van der Waals surface area contributed by atoms with Crippen molar-refractivity contribution in [3.8, 4) is 0 Å². The van der Waals surface area contributed by atoms with Gasteiger partial charge in [-0.15, -0.1) is 0 Å². The average molecular weight is 238 g/mol. The summed E-state index contributed by atoms with van der Waals surface area (Å²) in [4.78, 5) is 11.8. The number of carbonyl (C=O) groups excluding carboxylic acids is 1. The Morgan fingerprint density at radius 2 is 2.29 bits per heavy atom. The van der Waals surface area contributed by atoms with Gasteiger partial charge in [-0.3, -0.25) is 9.48 Å². The molecule has 96 valence electrons. The first-order valence-electron chi connectivity index (χ1n) is 6.11. The van der Waals surface area contributed by atoms with Gasteiger partial charge < -0.3 is 11.1 Å². The summed E-state index contributed by atoms with van der Waals surface area (Å²) < 4.78 is 1.79. The van der Waals surface area contributed by atoms with Crippen molar-refractivity contribution in [1.29, 1.82) is 0 Å². The fraction of sp³-hybridized carbons (Fsp3) is 0.667. The maximum atomic E-state index is 11.8. The highest BCUT2D eigenvalue weighted by Gasteiger charge is 2.19. The Bertz CT molecular complexity index is 373. The number of nitrogens with two attached hydrogens (primary N) is 1. The van der Waals surface area contributed by atoms with Crippen LogP contribution < -0.4 is 11.1 Å². The van der Waals surface area contributed by atoms with Crippen LogP contribution in [-0.2, 0) is 24.7 Å². The van der Waals surface area contributed by atoms with Crippen LogP contribution in [-0.4, -0.2) is 28.8 Å². The molecule has 17 heavy (non-hydrogen) atoms. The van der Waals surface area contributed by atoms with Gasteiger partial charge in [0.2, 0.25) is 5.91 Å². The largest absolute Gasteiger partial charge is 0.356 e. The van der Waals surface area contributed by atoms with Crippen molar-refractivity contribution in [2.45, 2.75) is 26.7 Å². The van der Waals surface area contributed by atoms with Crippen LogP contribution in [0.5, 0.6) is 0 Å². The zero-order valence-corrected chi connectivity index (χ0v) is 10.9. The summed E-state index contributed by atoms with van der Waals surface area (Å²) in [6.45, 7) is 4.98. The highest BCUT2D eigenvalue weighted by molar-refractivity contribution is 5.79. The number of amides is 1. The minimum atomic E-state index is -0.163. The van der Waals surface area contributed by atoms with Crippen molar-refractivity contribution in [3.05, 3.63) is 17.5 Å². The molecule has 1 amide bonds. The molecule has 0 aliphatic carbocycles. The van der Waals surface area contributed by atoms with E-state index in [-0.39, 0.29) is 11.8 Å². The van der Waals surface area contributed by atoms with E-state index in [1.54, 1.807) is 4.68 Å². The molecule has 1 rings (SSSR count). The molecule has 1 atom stereocenters. The second-order valence-corrected chi connectivity index (χ2v) is 4.16. The molecule has 5 nitrogen and oxygen atoms in total. The summed E-state index contributed by atoms with van der Waals surface area (Å²) in [6.07, 6.45) is 3.52. The van der Waals surface area contributed by atoms with Gasteiger partial charge >= 0.3 is 0 Å². The molecule has 0 saturated carbocycles. The second-order valence-electron chi connectivity index (χ2n) is 4.16. The first-order valence-corrected chi connectivity index (χ1v) is 6.11. The fourth-order valence-electron chi connectivity index (χ4n) is 1.92. The Labute approximate surface area is 102 Å². The first-order chi connectivity index (χ1) is 8.12. The predicted octanol–water partition coefficient (Wildman–Crippen LogP) is 0.236. The van der Waals surface area contributed by atoms with E-state index in [0.717, 1.165) is 17.7 Å². The van der Waals surface area contributed by atoms with Crippen LogP contribution in [0.4, 0.5) is 0 Å². The van der Waals surface area contributed by atoms with Gasteiger partial charge in [-0.05, 0) is 25.3 Å². The molecular formula is C12H22N4O. The predicted molar refractivity (Wildman–Crippen MR) is 67.5 cm³/mol. The van der Waals surface area contributed by atoms with Crippen LogP contribution >= 0.6 is 0 Å². The van der Waals surface area contributed by atoms with Crippen molar-refractivity contribution in [3.63, 3.8) is 0 Å². The smallest absolute Gasteiger partial charge is 0.224 e. The zero-order valence-electron chi connectivity index (χ0n) is 10.9. The third-order valence-corrected chi connectivity index (χ3v) is 2.80. The van der Waals surface area contributed by atoms with Crippen LogP contribution in [0.3, 0.4) is 0 Å². The van der Waals surface area contributed by atoms with Crippen molar-refractivity contribution in [1.82, 2.24) is 15.1 Å². The van der Waals surface area contributed by atoms with Crippen molar-refractivity contribution < 1.29 is 4.79 Å². The molecule has 3 N–H and O–H groups in total. The quantitative estimate of drug-likeness (QED) is 0.745. The molecule has 0 radical (unpaired) electrons. The van der Waals surface area contributed by atoms with Gasteiger partial charge in [0.1, 0.15) is 0 Å². The lowest BCUT2D eigenvalue weighted by Crippen LogP contribution is -2.36. The number of aryl methyl sites for hydroxylation is 2. The van der Waals surface area contributed by atoms with Gasteiger partial charge in [0.15, 0.2) is 0 Å². The molecule has 1 aromatic heterocycles. The monoisotopic (exact) mass is 238 g/mol. The van der Waals surface area contributed by atoms with Gasteiger partial charge in [-0.2, -0.15) is 5.10 Å². The number of carbonyl (C=O) groups is 1. The van der Waals surface area contributed by atoms with Gasteiger partial charge in [0.25, 0.3) is 0 Å². The molecule has 1 heterocycles. The molecule has 0 aliphatic heterocycles. The van der Waals surface area contributed by atoms with E-state index in [0.29, 0.717) is 19.5 Å².